The molecule has 1 N–H and O–H groups in total. The number of halogens is 4. The number of allylic oxidation sites excluding steroid dienone is 1. The highest BCUT2D eigenvalue weighted by Crippen LogP contribution is 2.33. The van der Waals surface area contributed by atoms with E-state index >= 15 is 0 Å². The average molecular weight is 248 g/mol. The molecule has 84 valence electrons. The largest absolute Gasteiger partial charge is 0.343 e. The van der Waals surface area contributed by atoms with E-state index < -0.39 is 17.5 Å². The summed E-state index contributed by atoms with van der Waals surface area (Å²) in [6, 6.07) is 0.841. The summed E-state index contributed by atoms with van der Waals surface area (Å²) in [6.45, 7) is 0. The Morgan fingerprint density at radius 1 is 1.31 bits per heavy atom. The number of rotatable bonds is 1. The first-order valence-electron chi connectivity index (χ1n) is 4.31. The predicted octanol–water partition coefficient (Wildman–Crippen LogP) is 2.72. The molecule has 0 atom stereocenters. The number of anilines is 1. The Morgan fingerprint density at radius 3 is 2.62 bits per heavy atom. The quantitative estimate of drug-likeness (QED) is 0.470. The fraction of sp³-hybridized carbons (Fsp3) is 0.100. The zero-order valence-corrected chi connectivity index (χ0v) is 8.54. The van der Waals surface area contributed by atoms with Gasteiger partial charge in [0.2, 0.25) is 0 Å². The number of aldehydes is 1. The van der Waals surface area contributed by atoms with E-state index in [0.717, 1.165) is 6.07 Å². The van der Waals surface area contributed by atoms with Gasteiger partial charge in [-0.1, -0.05) is 11.6 Å². The van der Waals surface area contributed by atoms with Crippen molar-refractivity contribution in [2.45, 2.75) is 6.42 Å². The normalized spacial score (nSPS) is 14.5. The summed E-state index contributed by atoms with van der Waals surface area (Å²) in [6.07, 6.45) is 0.455. The molecule has 0 saturated heterocycles. The molecule has 1 aromatic carbocycles. The highest BCUT2D eigenvalue weighted by molar-refractivity contribution is 6.32. The molecule has 2 nitrogen and oxygen atoms in total. The highest BCUT2D eigenvalue weighted by atomic mass is 35.5. The van der Waals surface area contributed by atoms with Gasteiger partial charge < -0.3 is 5.32 Å². The summed E-state index contributed by atoms with van der Waals surface area (Å²) in [5.41, 5.74) is 0.0944. The minimum absolute atomic E-state index is 0.0290. The van der Waals surface area contributed by atoms with Gasteiger partial charge in [0, 0.05) is 12.0 Å². The summed E-state index contributed by atoms with van der Waals surface area (Å²) in [5.74, 6) is -4.19. The predicted molar refractivity (Wildman–Crippen MR) is 52.6 cm³/mol. The van der Waals surface area contributed by atoms with Crippen LogP contribution in [0.15, 0.2) is 16.8 Å². The van der Waals surface area contributed by atoms with Crippen LogP contribution in [-0.2, 0) is 11.2 Å². The van der Waals surface area contributed by atoms with Crippen molar-refractivity contribution < 1.29 is 18.0 Å². The molecule has 1 aromatic rings. The number of benzene rings is 1. The second-order valence-electron chi connectivity index (χ2n) is 3.28. The molecular weight excluding hydrogens is 243 g/mol. The lowest BCUT2D eigenvalue weighted by Gasteiger charge is -2.19. The van der Waals surface area contributed by atoms with Crippen LogP contribution in [0.25, 0.3) is 0 Å². The highest BCUT2D eigenvalue weighted by Gasteiger charge is 2.24. The number of hydrogen-bond donors (Lipinski definition) is 1. The van der Waals surface area contributed by atoms with Gasteiger partial charge in [-0.05, 0) is 11.6 Å². The molecule has 0 radical (unpaired) electrons. The zero-order valence-electron chi connectivity index (χ0n) is 7.78. The van der Waals surface area contributed by atoms with Gasteiger partial charge in [0.1, 0.15) is 11.4 Å². The van der Waals surface area contributed by atoms with Crippen LogP contribution in [0.4, 0.5) is 18.9 Å². The number of carbonyl (C=O) groups excluding carboxylic acids is 1. The van der Waals surface area contributed by atoms with Crippen LogP contribution in [0.5, 0.6) is 0 Å². The van der Waals surface area contributed by atoms with Gasteiger partial charge in [-0.3, -0.25) is 4.79 Å². The van der Waals surface area contributed by atoms with E-state index in [2.05, 4.69) is 5.32 Å². The van der Waals surface area contributed by atoms with E-state index in [4.69, 9.17) is 11.6 Å². The Hall–Kier alpha value is -1.49. The lowest BCUT2D eigenvalue weighted by atomic mass is 10.0. The summed E-state index contributed by atoms with van der Waals surface area (Å²) < 4.78 is 39.1. The van der Waals surface area contributed by atoms with Crippen molar-refractivity contribution in [1.82, 2.24) is 0 Å². The summed E-state index contributed by atoms with van der Waals surface area (Å²) in [4.78, 5) is 10.6. The third-order valence-electron chi connectivity index (χ3n) is 2.28. The maximum absolute atomic E-state index is 13.3. The molecule has 0 bridgehead atoms. The van der Waals surface area contributed by atoms with Crippen molar-refractivity contribution >= 4 is 23.6 Å². The van der Waals surface area contributed by atoms with Gasteiger partial charge in [0.05, 0.1) is 5.69 Å². The van der Waals surface area contributed by atoms with Gasteiger partial charge in [0.25, 0.3) is 0 Å². The van der Waals surface area contributed by atoms with Crippen LogP contribution in [0.3, 0.4) is 0 Å². The summed E-state index contributed by atoms with van der Waals surface area (Å²) in [7, 11) is 0. The van der Waals surface area contributed by atoms with Gasteiger partial charge in [-0.25, -0.2) is 13.2 Å². The monoisotopic (exact) mass is 247 g/mol. The van der Waals surface area contributed by atoms with Crippen LogP contribution >= 0.6 is 11.6 Å². The molecule has 0 amide bonds. The molecule has 0 aromatic heterocycles. The topological polar surface area (TPSA) is 29.1 Å². The maximum atomic E-state index is 13.3. The van der Waals surface area contributed by atoms with Gasteiger partial charge in [-0.2, -0.15) is 0 Å². The molecule has 16 heavy (non-hydrogen) atoms. The first kappa shape index (κ1) is 11.0. The Balaban J connectivity index is 2.58. The van der Waals surface area contributed by atoms with Crippen LogP contribution < -0.4 is 5.32 Å². The number of carbonyl (C=O) groups is 1. The zero-order chi connectivity index (χ0) is 11.9. The molecule has 1 heterocycles. The van der Waals surface area contributed by atoms with Crippen molar-refractivity contribution in [2.75, 3.05) is 5.32 Å². The van der Waals surface area contributed by atoms with Crippen LogP contribution in [0.1, 0.15) is 5.56 Å². The fourth-order valence-electron chi connectivity index (χ4n) is 1.48. The molecule has 1 aliphatic heterocycles. The van der Waals surface area contributed by atoms with E-state index in [1.165, 1.54) is 0 Å². The first-order chi connectivity index (χ1) is 7.54. The Kier molecular flexibility index (Phi) is 2.63. The van der Waals surface area contributed by atoms with E-state index in [-0.39, 0.29) is 28.4 Å². The minimum atomic E-state index is -1.56. The Bertz CT molecular complexity index is 513. The SMILES string of the molecule is O=CC1=C(Cl)Nc2c(cc(F)c(F)c2F)C1. The first-order valence-corrected chi connectivity index (χ1v) is 4.69. The number of fused-ring (bicyclic) bond motifs is 1. The fourth-order valence-corrected chi connectivity index (χ4v) is 1.69. The summed E-state index contributed by atoms with van der Waals surface area (Å²) in [5, 5.41) is 2.25. The third kappa shape index (κ3) is 1.57. The van der Waals surface area contributed by atoms with Crippen LogP contribution in [0, 0.1) is 17.5 Å². The van der Waals surface area contributed by atoms with Crippen molar-refractivity contribution in [1.29, 1.82) is 0 Å². The maximum Gasteiger partial charge on any atom is 0.196 e. The Morgan fingerprint density at radius 2 is 2.00 bits per heavy atom. The molecule has 0 aliphatic carbocycles. The van der Waals surface area contributed by atoms with Crippen molar-refractivity contribution in [2.24, 2.45) is 0 Å². The van der Waals surface area contributed by atoms with E-state index in [1.807, 2.05) is 0 Å². The van der Waals surface area contributed by atoms with E-state index in [0.29, 0.717) is 6.29 Å². The Labute approximate surface area is 93.7 Å². The molecule has 6 heteroatoms. The molecule has 0 saturated carbocycles. The van der Waals surface area contributed by atoms with E-state index in [9.17, 15) is 18.0 Å². The number of nitrogens with one attached hydrogen (secondary N) is 1. The van der Waals surface area contributed by atoms with Crippen LogP contribution in [-0.4, -0.2) is 6.29 Å². The second kappa shape index (κ2) is 3.83. The van der Waals surface area contributed by atoms with Crippen LogP contribution in [0.2, 0.25) is 0 Å². The van der Waals surface area contributed by atoms with Gasteiger partial charge >= 0.3 is 0 Å². The molecule has 0 fully saturated rings. The average Bonchev–Trinajstić information content (AvgIpc) is 2.27. The summed E-state index contributed by atoms with van der Waals surface area (Å²) >= 11 is 5.63. The molecule has 0 spiro atoms. The molecule has 1 aliphatic rings. The molecule has 0 unspecified atom stereocenters. The van der Waals surface area contributed by atoms with Gasteiger partial charge in [0.15, 0.2) is 17.5 Å². The lowest BCUT2D eigenvalue weighted by molar-refractivity contribution is -0.105. The smallest absolute Gasteiger partial charge is 0.196 e. The molecular formula is C10H5ClF3NO. The number of hydrogen-bond acceptors (Lipinski definition) is 2. The lowest BCUT2D eigenvalue weighted by Crippen LogP contribution is -2.14. The minimum Gasteiger partial charge on any atom is -0.343 e. The standard InChI is InChI=1S/C10H5ClF3NO/c11-10-5(3-16)1-4-2-6(12)7(13)8(14)9(4)15-10/h2-3,15H,1H2. The second-order valence-corrected chi connectivity index (χ2v) is 3.66. The van der Waals surface area contributed by atoms with Crippen molar-refractivity contribution in [3.8, 4) is 0 Å². The van der Waals surface area contributed by atoms with Crippen molar-refractivity contribution in [3.05, 3.63) is 39.8 Å². The van der Waals surface area contributed by atoms with Crippen molar-refractivity contribution in [3.63, 3.8) is 0 Å². The van der Waals surface area contributed by atoms with Gasteiger partial charge in [-0.15, -0.1) is 0 Å². The molecule has 2 rings (SSSR count). The third-order valence-corrected chi connectivity index (χ3v) is 2.62. The van der Waals surface area contributed by atoms with E-state index in [1.54, 1.807) is 0 Å².